The van der Waals surface area contributed by atoms with E-state index >= 15 is 0 Å². The molecule has 2 N–H and O–H groups in total. The fourth-order valence-corrected chi connectivity index (χ4v) is 6.79. The summed E-state index contributed by atoms with van der Waals surface area (Å²) in [5, 5.41) is 6.55. The lowest BCUT2D eigenvalue weighted by molar-refractivity contribution is 0.0248. The second-order valence-corrected chi connectivity index (χ2v) is 12.3. The zero-order chi connectivity index (χ0) is 27.4. The van der Waals surface area contributed by atoms with Crippen LogP contribution in [0.2, 0.25) is 5.02 Å². The first-order chi connectivity index (χ1) is 18.9. The van der Waals surface area contributed by atoms with Crippen molar-refractivity contribution in [2.24, 2.45) is 17.3 Å². The van der Waals surface area contributed by atoms with E-state index in [1.807, 2.05) is 17.0 Å². The lowest BCUT2D eigenvalue weighted by atomic mass is 9.71. The molecule has 3 aliphatic rings. The van der Waals surface area contributed by atoms with Gasteiger partial charge in [-0.3, -0.25) is 4.79 Å². The van der Waals surface area contributed by atoms with Crippen molar-refractivity contribution >= 4 is 35.0 Å². The molecular weight excluding hydrogens is 512 g/mol. The number of amides is 1. The van der Waals surface area contributed by atoms with Crippen LogP contribution in [-0.2, 0) is 0 Å². The smallest absolute Gasteiger partial charge is 0.253 e. The van der Waals surface area contributed by atoms with Gasteiger partial charge in [-0.1, -0.05) is 31.4 Å². The van der Waals surface area contributed by atoms with Gasteiger partial charge in [0, 0.05) is 32.2 Å². The summed E-state index contributed by atoms with van der Waals surface area (Å²) in [4.78, 5) is 26.8. The molecule has 0 unspecified atom stereocenters. The molecule has 8 nitrogen and oxygen atoms in total. The number of carbonyl (C=O) groups excluding carboxylic acids is 1. The van der Waals surface area contributed by atoms with Gasteiger partial charge in [0.1, 0.15) is 16.6 Å². The Balaban J connectivity index is 1.14. The summed E-state index contributed by atoms with van der Waals surface area (Å²) in [6.07, 6.45) is 11.9. The van der Waals surface area contributed by atoms with Crippen molar-refractivity contribution in [2.45, 2.75) is 58.3 Å². The number of methoxy groups -OCH3 is 1. The molecule has 3 fully saturated rings. The Kier molecular flexibility index (Phi) is 8.82. The number of hydrogen-bond donors (Lipinski definition) is 2. The first kappa shape index (κ1) is 28.0. The molecule has 9 heteroatoms. The Bertz CT molecular complexity index is 1130. The van der Waals surface area contributed by atoms with Gasteiger partial charge in [-0.05, 0) is 87.1 Å². The number of carbonyl (C=O) groups is 1. The van der Waals surface area contributed by atoms with Gasteiger partial charge >= 0.3 is 0 Å². The van der Waals surface area contributed by atoms with Gasteiger partial charge in [-0.25, -0.2) is 4.98 Å². The number of nitrogens with zero attached hydrogens (tertiary/aromatic N) is 4. The molecule has 5 rings (SSSR count). The van der Waals surface area contributed by atoms with Crippen LogP contribution in [0.3, 0.4) is 0 Å². The number of likely N-dealkylation sites (tertiary alicyclic amines) is 2. The predicted molar refractivity (Wildman–Crippen MR) is 157 cm³/mol. The Hall–Kier alpha value is -2.58. The van der Waals surface area contributed by atoms with E-state index in [9.17, 15) is 4.79 Å². The van der Waals surface area contributed by atoms with Crippen LogP contribution in [0.1, 0.15) is 68.6 Å². The molecule has 3 heterocycles. The first-order valence-electron chi connectivity index (χ1n) is 14.5. The highest BCUT2D eigenvalue weighted by Crippen LogP contribution is 2.42. The third-order valence-corrected chi connectivity index (χ3v) is 9.63. The number of rotatable bonds is 7. The standard InChI is InChI=1S/C30H43ClN6O2/c1-21-4-6-22(7-5-21)20-36-14-10-30(11-15-36)12-16-37(17-13-30)28(38)23-8-9-25(26(18-23)39-3)34-29-33-19-24(31)27(32-2)35-29/h8-9,18-19,21-22H,4-7,10-17,20H2,1-3H3,(H2,32,33,34,35). The Morgan fingerprint density at radius 2 is 1.79 bits per heavy atom. The van der Waals surface area contributed by atoms with Crippen molar-refractivity contribution in [3.05, 3.63) is 35.0 Å². The molecule has 2 aromatic rings. The van der Waals surface area contributed by atoms with Crippen LogP contribution in [0.25, 0.3) is 0 Å². The maximum absolute atomic E-state index is 13.4. The highest BCUT2D eigenvalue weighted by Gasteiger charge is 2.39. The van der Waals surface area contributed by atoms with E-state index in [4.69, 9.17) is 16.3 Å². The number of aromatic nitrogens is 2. The van der Waals surface area contributed by atoms with Crippen molar-refractivity contribution in [3.8, 4) is 5.75 Å². The molecule has 2 aliphatic heterocycles. The maximum atomic E-state index is 13.4. The molecule has 1 amide bonds. The summed E-state index contributed by atoms with van der Waals surface area (Å²) in [7, 11) is 3.35. The third-order valence-electron chi connectivity index (χ3n) is 9.36. The summed E-state index contributed by atoms with van der Waals surface area (Å²) in [6.45, 7) is 7.79. The topological polar surface area (TPSA) is 82.6 Å². The Labute approximate surface area is 237 Å². The Morgan fingerprint density at radius 3 is 2.46 bits per heavy atom. The van der Waals surface area contributed by atoms with Gasteiger partial charge < -0.3 is 25.2 Å². The van der Waals surface area contributed by atoms with Gasteiger partial charge in [0.25, 0.3) is 5.91 Å². The molecule has 1 aliphatic carbocycles. The minimum Gasteiger partial charge on any atom is -0.495 e. The van der Waals surface area contributed by atoms with Crippen molar-refractivity contribution < 1.29 is 9.53 Å². The van der Waals surface area contributed by atoms with E-state index in [1.54, 1.807) is 20.2 Å². The molecule has 1 aromatic heterocycles. The number of benzene rings is 1. The molecule has 1 saturated carbocycles. The second kappa shape index (κ2) is 12.3. The fourth-order valence-electron chi connectivity index (χ4n) is 6.60. The van der Waals surface area contributed by atoms with E-state index in [2.05, 4.69) is 32.4 Å². The average Bonchev–Trinajstić information content (AvgIpc) is 2.97. The van der Waals surface area contributed by atoms with Crippen LogP contribution < -0.4 is 15.4 Å². The first-order valence-corrected chi connectivity index (χ1v) is 14.9. The third kappa shape index (κ3) is 6.60. The van der Waals surface area contributed by atoms with Gasteiger partial charge in [-0.2, -0.15) is 4.98 Å². The zero-order valence-electron chi connectivity index (χ0n) is 23.6. The largest absolute Gasteiger partial charge is 0.495 e. The summed E-state index contributed by atoms with van der Waals surface area (Å²) >= 11 is 6.10. The van der Waals surface area contributed by atoms with E-state index in [0.29, 0.717) is 39.2 Å². The van der Waals surface area contributed by atoms with E-state index in [-0.39, 0.29) is 5.91 Å². The number of anilines is 3. The number of hydrogen-bond acceptors (Lipinski definition) is 7. The summed E-state index contributed by atoms with van der Waals surface area (Å²) in [5.74, 6) is 3.38. The van der Waals surface area contributed by atoms with Crippen LogP contribution in [0.4, 0.5) is 17.5 Å². The fraction of sp³-hybridized carbons (Fsp3) is 0.633. The molecule has 39 heavy (non-hydrogen) atoms. The van der Waals surface area contributed by atoms with Crippen LogP contribution in [0.15, 0.2) is 24.4 Å². The maximum Gasteiger partial charge on any atom is 0.253 e. The predicted octanol–water partition coefficient (Wildman–Crippen LogP) is 6.07. The minimum absolute atomic E-state index is 0.0684. The quantitative estimate of drug-likeness (QED) is 0.430. The molecular formula is C30H43ClN6O2. The SMILES string of the molecule is CNc1nc(Nc2ccc(C(=O)N3CCC4(CCN(CC5CCC(C)CC5)CC4)CC3)cc2OC)ncc1Cl. The van der Waals surface area contributed by atoms with Gasteiger partial charge in [0.05, 0.1) is 19.0 Å². The number of piperidine rings is 2. The molecule has 2 saturated heterocycles. The summed E-state index contributed by atoms with van der Waals surface area (Å²) in [5.41, 5.74) is 1.73. The van der Waals surface area contributed by atoms with E-state index in [1.165, 1.54) is 64.4 Å². The molecule has 1 aromatic carbocycles. The Morgan fingerprint density at radius 1 is 1.10 bits per heavy atom. The normalized spacial score (nSPS) is 23.4. The highest BCUT2D eigenvalue weighted by molar-refractivity contribution is 6.32. The molecule has 0 atom stereocenters. The van der Waals surface area contributed by atoms with Crippen molar-refractivity contribution in [3.63, 3.8) is 0 Å². The molecule has 212 valence electrons. The van der Waals surface area contributed by atoms with E-state index < -0.39 is 0 Å². The van der Waals surface area contributed by atoms with Gasteiger partial charge in [-0.15, -0.1) is 0 Å². The monoisotopic (exact) mass is 554 g/mol. The highest BCUT2D eigenvalue weighted by atomic mass is 35.5. The van der Waals surface area contributed by atoms with Gasteiger partial charge in [0.2, 0.25) is 5.95 Å². The summed E-state index contributed by atoms with van der Waals surface area (Å²) in [6, 6.07) is 5.49. The number of halogens is 1. The lowest BCUT2D eigenvalue weighted by Crippen LogP contribution is -2.49. The molecule has 0 radical (unpaired) electrons. The zero-order valence-corrected chi connectivity index (χ0v) is 24.4. The molecule has 0 bridgehead atoms. The van der Waals surface area contributed by atoms with Crippen molar-refractivity contribution in [2.75, 3.05) is 57.5 Å². The number of nitrogens with one attached hydrogen (secondary N) is 2. The van der Waals surface area contributed by atoms with Crippen LogP contribution in [-0.4, -0.2) is 72.6 Å². The lowest BCUT2D eigenvalue weighted by Gasteiger charge is -2.47. The summed E-state index contributed by atoms with van der Waals surface area (Å²) < 4.78 is 5.60. The van der Waals surface area contributed by atoms with E-state index in [0.717, 1.165) is 37.8 Å². The van der Waals surface area contributed by atoms with Crippen LogP contribution >= 0.6 is 11.6 Å². The van der Waals surface area contributed by atoms with Crippen molar-refractivity contribution in [1.29, 1.82) is 0 Å². The number of ether oxygens (including phenoxy) is 1. The average molecular weight is 555 g/mol. The molecule has 1 spiro atoms. The minimum atomic E-state index is 0.0684. The van der Waals surface area contributed by atoms with Crippen LogP contribution in [0.5, 0.6) is 5.75 Å². The van der Waals surface area contributed by atoms with Crippen LogP contribution in [0, 0.1) is 17.3 Å². The van der Waals surface area contributed by atoms with Crippen molar-refractivity contribution in [1.82, 2.24) is 19.8 Å². The second-order valence-electron chi connectivity index (χ2n) is 11.9. The van der Waals surface area contributed by atoms with Gasteiger partial charge in [0.15, 0.2) is 0 Å².